The largest absolute Gasteiger partial charge is 0.405 e. The van der Waals surface area contributed by atoms with E-state index in [0.29, 0.717) is 127 Å². The molecule has 8 N–H and O–H groups in total. The third-order valence-electron chi connectivity index (χ3n) is 22.1. The van der Waals surface area contributed by atoms with Crippen LogP contribution in [-0.4, -0.2) is 254 Å². The first-order valence-corrected chi connectivity index (χ1v) is 39.8. The Hall–Kier alpha value is -11.8. The molecule has 0 radical (unpaired) electrons. The average Bonchev–Trinajstić information content (AvgIpc) is 1.73. The van der Waals surface area contributed by atoms with Gasteiger partial charge < -0.3 is 41.0 Å². The molecular weight excluding hydrogens is 1590 g/mol. The van der Waals surface area contributed by atoms with E-state index >= 15 is 0 Å². The number of aromatic nitrogens is 15. The van der Waals surface area contributed by atoms with Crippen molar-refractivity contribution in [3.63, 3.8) is 0 Å². The van der Waals surface area contributed by atoms with Gasteiger partial charge >= 0.3 is 18.5 Å². The van der Waals surface area contributed by atoms with Gasteiger partial charge in [0, 0.05) is 168 Å². The number of fused-ring (bicyclic) bond motifs is 5. The van der Waals surface area contributed by atoms with Crippen molar-refractivity contribution in [3.05, 3.63) is 93.0 Å². The lowest BCUT2D eigenvalue weighted by molar-refractivity contribution is -0.153. The number of nitrogens with one attached hydrogen (secondary N) is 8. The number of piperidine rings is 5. The molecule has 10 aromatic heterocycles. The zero-order chi connectivity index (χ0) is 86.5. The minimum absolute atomic E-state index is 0.00657. The number of hydrogen-bond acceptors (Lipinski definition) is 27. The summed E-state index contributed by atoms with van der Waals surface area (Å²) in [5.41, 5.74) is 7.02. The maximum absolute atomic E-state index is 12.3. The van der Waals surface area contributed by atoms with Crippen molar-refractivity contribution in [2.45, 2.75) is 134 Å². The minimum Gasteiger partial charge on any atom is -0.347 e. The summed E-state index contributed by atoms with van der Waals surface area (Å²) in [5, 5.41) is 44.2. The van der Waals surface area contributed by atoms with Crippen LogP contribution < -0.4 is 36.1 Å². The molecule has 0 spiro atoms. The number of ketones is 3. The molecule has 15 rings (SSSR count). The summed E-state index contributed by atoms with van der Waals surface area (Å²) in [4.78, 5) is 117. The molecule has 2 amide bonds. The summed E-state index contributed by atoms with van der Waals surface area (Å²) in [6.45, 7) is 5.61. The number of amides is 2. The molecule has 2 atom stereocenters. The number of aromatic amines is 5. The Morgan fingerprint density at radius 2 is 0.810 bits per heavy atom. The number of carbonyl (C=O) groups excluding carboxylic acids is 5. The van der Waals surface area contributed by atoms with Gasteiger partial charge in [0.2, 0.25) is 11.8 Å². The summed E-state index contributed by atoms with van der Waals surface area (Å²) < 4.78 is 110. The van der Waals surface area contributed by atoms with Crippen LogP contribution in [0, 0.1) is 52.3 Å². The molecule has 648 valence electrons. The van der Waals surface area contributed by atoms with Crippen LogP contribution in [0.5, 0.6) is 0 Å². The zero-order valence-electron chi connectivity index (χ0n) is 67.6. The monoisotopic (exact) mass is 1690 g/mol. The molecule has 43 heteroatoms. The molecule has 121 heavy (non-hydrogen) atoms. The summed E-state index contributed by atoms with van der Waals surface area (Å²) >= 11 is 0. The molecule has 15 heterocycles. The SMILES string of the molecule is CC1CCC(C(=O)CCC#N)CN1N(C)c1ncnc2[nH]ccc12.CN(c1ncnc2[nH]ccc12)N1CCC(C(=O)NCC(F)(F)F)CC1.CN(c1ncnc2[nH]ccc12)N1CCC(CC(=O)CC#N)CC1.CN(c1ncnc2[nH]ccc12)N1CCC(CC(=O)CC(F)(F)F)CC1.O=C(NCC(F)(F)F)C1CCN(Nc2ncnc3[nH]ccc23)CC1. The summed E-state index contributed by atoms with van der Waals surface area (Å²) in [6, 6.07) is 13.9. The molecule has 5 fully saturated rings. The van der Waals surface area contributed by atoms with E-state index in [1.165, 1.54) is 19.0 Å². The zero-order valence-corrected chi connectivity index (χ0v) is 67.6. The lowest BCUT2D eigenvalue weighted by atomic mass is 9.89. The van der Waals surface area contributed by atoms with Crippen LogP contribution in [0.15, 0.2) is 93.0 Å². The van der Waals surface area contributed by atoms with Gasteiger partial charge in [-0.15, -0.1) is 0 Å². The highest BCUT2D eigenvalue weighted by molar-refractivity contribution is 5.91. The van der Waals surface area contributed by atoms with Crippen LogP contribution in [0.4, 0.5) is 68.6 Å². The van der Waals surface area contributed by atoms with Crippen molar-refractivity contribution in [1.29, 1.82) is 10.5 Å². The van der Waals surface area contributed by atoms with E-state index in [2.05, 4.69) is 113 Å². The molecule has 10 aromatic rings. The number of Topliss-reactive ketones (excluding diaryl/α,β-unsaturated/α-hetero) is 3. The maximum Gasteiger partial charge on any atom is 0.405 e. The first kappa shape index (κ1) is 90.0. The number of anilines is 5. The third-order valence-corrected chi connectivity index (χ3v) is 22.1. The number of rotatable bonds is 23. The molecule has 0 aliphatic carbocycles. The molecule has 2 unspecified atom stereocenters. The molecule has 0 bridgehead atoms. The van der Waals surface area contributed by atoms with E-state index in [1.807, 2.05) is 113 Å². The van der Waals surface area contributed by atoms with Crippen molar-refractivity contribution >= 4 is 113 Å². The van der Waals surface area contributed by atoms with E-state index in [0.717, 1.165) is 112 Å². The quantitative estimate of drug-likeness (QED) is 0.0276. The Morgan fingerprint density at radius 1 is 0.446 bits per heavy atom. The Kier molecular flexibility index (Phi) is 30.8. The summed E-state index contributed by atoms with van der Waals surface area (Å²) in [7, 11) is 7.77. The minimum atomic E-state index is -4.41. The highest BCUT2D eigenvalue weighted by Gasteiger charge is 2.38. The number of nitriles is 2. The van der Waals surface area contributed by atoms with E-state index in [4.69, 9.17) is 10.5 Å². The molecule has 34 nitrogen and oxygen atoms in total. The maximum atomic E-state index is 12.3. The predicted octanol–water partition coefficient (Wildman–Crippen LogP) is 10.5. The van der Waals surface area contributed by atoms with E-state index in [-0.39, 0.29) is 36.2 Å². The molecule has 0 saturated carbocycles. The van der Waals surface area contributed by atoms with Gasteiger partial charge in [-0.1, -0.05) is 0 Å². The second-order valence-electron chi connectivity index (χ2n) is 30.3. The van der Waals surface area contributed by atoms with Gasteiger partial charge in [0.1, 0.15) is 96.7 Å². The number of nitrogens with zero attached hydrogens (tertiary/aromatic N) is 21. The number of hydrazine groups is 5. The van der Waals surface area contributed by atoms with Crippen LogP contribution >= 0.6 is 0 Å². The van der Waals surface area contributed by atoms with E-state index in [1.54, 1.807) is 31.2 Å². The van der Waals surface area contributed by atoms with Gasteiger partial charge in [-0.3, -0.25) is 44.0 Å². The fraction of sp³-hybridized carbons (Fsp3) is 0.526. The Bertz CT molecular complexity index is 5140. The lowest BCUT2D eigenvalue weighted by Gasteiger charge is -2.43. The van der Waals surface area contributed by atoms with Crippen LogP contribution in [0.3, 0.4) is 0 Å². The second kappa shape index (κ2) is 41.4. The highest BCUT2D eigenvalue weighted by atomic mass is 19.4. The summed E-state index contributed by atoms with van der Waals surface area (Å²) in [5.74, 6) is 1.93. The number of carbonyl (C=O) groups is 5. The molecule has 5 aliphatic heterocycles. The van der Waals surface area contributed by atoms with Crippen LogP contribution in [0.25, 0.3) is 55.2 Å². The number of hydrogen-bond donors (Lipinski definition) is 8. The third kappa shape index (κ3) is 24.9. The predicted molar refractivity (Wildman–Crippen MR) is 431 cm³/mol. The smallest absolute Gasteiger partial charge is 0.347 e. The Morgan fingerprint density at radius 3 is 1.20 bits per heavy atom. The van der Waals surface area contributed by atoms with Crippen molar-refractivity contribution < 1.29 is 63.5 Å². The van der Waals surface area contributed by atoms with Crippen molar-refractivity contribution in [2.24, 2.45) is 29.6 Å². The first-order chi connectivity index (χ1) is 57.9. The normalized spacial score (nSPS) is 17.8. The fourth-order valence-corrected chi connectivity index (χ4v) is 15.5. The van der Waals surface area contributed by atoms with Crippen molar-refractivity contribution in [3.8, 4) is 12.1 Å². The lowest BCUT2D eigenvalue weighted by Crippen LogP contribution is -2.52. The molecule has 5 aliphatic rings. The van der Waals surface area contributed by atoms with Crippen LogP contribution in [-0.2, 0) is 24.0 Å². The fourth-order valence-electron chi connectivity index (χ4n) is 15.5. The molecular formula is C78H98F9N29O5. The number of halogens is 9. The Labute approximate surface area is 689 Å². The topological polar surface area (TPSA) is 406 Å². The molecule has 0 aromatic carbocycles. The van der Waals surface area contributed by atoms with Gasteiger partial charge in [-0.2, -0.15) is 50.0 Å². The van der Waals surface area contributed by atoms with Gasteiger partial charge in [0.05, 0.1) is 45.5 Å². The van der Waals surface area contributed by atoms with Crippen LogP contribution in [0.1, 0.15) is 110 Å². The average molecular weight is 1690 g/mol. The highest BCUT2D eigenvalue weighted by Crippen LogP contribution is 2.35. The van der Waals surface area contributed by atoms with Crippen LogP contribution in [0.2, 0.25) is 0 Å². The van der Waals surface area contributed by atoms with Gasteiger partial charge in [0.25, 0.3) is 0 Å². The van der Waals surface area contributed by atoms with E-state index in [9.17, 15) is 63.5 Å². The second-order valence-corrected chi connectivity index (χ2v) is 30.3. The van der Waals surface area contributed by atoms with Crippen molar-refractivity contribution in [2.75, 3.05) is 126 Å². The van der Waals surface area contributed by atoms with Gasteiger partial charge in [-0.05, 0) is 113 Å². The number of H-pyrrole nitrogens is 5. The standard InChI is InChI=1S/C17H22N6O.C16H20F3N5O.C16H20N6O.C15H19F3N6O.C14H17F3N6O/c1-12-5-6-13(15(24)4-3-8-18)10-23(12)22(2)17-14-7-9-19-16(14)20-11-21-17;1-23(15-13-2-5-20-14(13)21-10-22-15)24-6-3-11(4-7-24)8-12(25)9-16(17,18)19;1-21(16-14-3-7-18-15(14)19-11-20-16)22-8-4-12(5-9-22)10-13(23)2-6-17;1-23(13-11-2-5-19-12(11)21-9-22-13)24-6-3-10(4-7-24)14(25)20-8-15(16,17)18;15-14(16,17)7-19-13(24)9-2-5-23(6-3-9)22-12-10-1-4-18-11(10)20-8-21-12/h7,9,11-13H,3-6,10H2,1-2H3,(H,19,20,21);2,5,10-11H,3-4,6-9H2,1H3,(H,20,21,22);3,7,11-12H,2,4-5,8-10H2,1H3,(H,18,19,20);2,5,9-10H,3-4,6-8H2,1H3,(H,20,25)(H,19,21,22);1,4,8-9H,2-3,5-7H2,(H,19,24)(H2,18,20,21,22). The van der Waals surface area contributed by atoms with Gasteiger partial charge in [-0.25, -0.2) is 74.9 Å². The Balaban J connectivity index is 0.000000148. The molecule has 5 saturated heterocycles. The summed E-state index contributed by atoms with van der Waals surface area (Å²) in [6.07, 6.45) is 10.4. The van der Waals surface area contributed by atoms with Crippen molar-refractivity contribution in [1.82, 2.24) is 110 Å². The van der Waals surface area contributed by atoms with E-state index < -0.39 is 67.5 Å². The number of alkyl halides is 9. The first-order valence-electron chi connectivity index (χ1n) is 39.8. The van der Waals surface area contributed by atoms with Gasteiger partial charge in [0.15, 0.2) is 29.1 Å².